The van der Waals surface area contributed by atoms with Crippen molar-refractivity contribution in [3.05, 3.63) is 52.6 Å². The molecule has 0 bridgehead atoms. The van der Waals surface area contributed by atoms with Crippen molar-refractivity contribution >= 4 is 15.7 Å². The Labute approximate surface area is 169 Å². The highest BCUT2D eigenvalue weighted by atomic mass is 32.2. The number of halogens is 1. The molecule has 9 heteroatoms. The van der Waals surface area contributed by atoms with Crippen molar-refractivity contribution in [3.63, 3.8) is 0 Å². The number of rotatable bonds is 6. The third-order valence-electron chi connectivity index (χ3n) is 4.82. The van der Waals surface area contributed by atoms with E-state index in [1.807, 2.05) is 13.8 Å². The predicted octanol–water partition coefficient (Wildman–Crippen LogP) is 1.72. The lowest BCUT2D eigenvalue weighted by molar-refractivity contribution is -0.134. The first-order valence-corrected chi connectivity index (χ1v) is 11.3. The SMILES string of the molecule is CC(C)CN(C(=O)Cn1nc(-c2ccc(F)cc2)ccc1=O)[C@H]1CCS(=O)(=O)C1. The van der Waals surface area contributed by atoms with E-state index in [0.717, 1.165) is 4.68 Å². The number of sulfone groups is 1. The number of aromatic nitrogens is 2. The van der Waals surface area contributed by atoms with Crippen molar-refractivity contribution in [2.75, 3.05) is 18.1 Å². The highest BCUT2D eigenvalue weighted by Crippen LogP contribution is 2.20. The molecule has 1 fully saturated rings. The highest BCUT2D eigenvalue weighted by molar-refractivity contribution is 7.91. The smallest absolute Gasteiger partial charge is 0.267 e. The molecular weight excluding hydrogens is 397 g/mol. The van der Waals surface area contributed by atoms with Crippen LogP contribution < -0.4 is 5.56 Å². The zero-order valence-electron chi connectivity index (χ0n) is 16.4. The third kappa shape index (κ3) is 5.29. The Bertz CT molecular complexity index is 1050. The fraction of sp³-hybridized carbons (Fsp3) is 0.450. The molecule has 0 N–H and O–H groups in total. The van der Waals surface area contributed by atoms with E-state index in [9.17, 15) is 22.4 Å². The summed E-state index contributed by atoms with van der Waals surface area (Å²) in [6, 6.07) is 8.12. The van der Waals surface area contributed by atoms with Crippen LogP contribution in [0.3, 0.4) is 0 Å². The summed E-state index contributed by atoms with van der Waals surface area (Å²) < 4.78 is 37.9. The number of carbonyl (C=O) groups excluding carboxylic acids is 1. The first-order chi connectivity index (χ1) is 13.6. The topological polar surface area (TPSA) is 89.3 Å². The molecule has 0 unspecified atom stereocenters. The predicted molar refractivity (Wildman–Crippen MR) is 108 cm³/mol. The minimum absolute atomic E-state index is 0.0522. The Morgan fingerprint density at radius 3 is 2.52 bits per heavy atom. The first kappa shape index (κ1) is 21.2. The van der Waals surface area contributed by atoms with E-state index in [1.165, 1.54) is 24.3 Å². The highest BCUT2D eigenvalue weighted by Gasteiger charge is 2.35. The van der Waals surface area contributed by atoms with Gasteiger partial charge in [-0.3, -0.25) is 9.59 Å². The average Bonchev–Trinajstić information content (AvgIpc) is 3.01. The second kappa shape index (κ2) is 8.44. The van der Waals surface area contributed by atoms with Gasteiger partial charge in [0.25, 0.3) is 5.56 Å². The molecule has 29 heavy (non-hydrogen) atoms. The van der Waals surface area contributed by atoms with Gasteiger partial charge in [0.2, 0.25) is 5.91 Å². The van der Waals surface area contributed by atoms with Gasteiger partial charge in [-0.2, -0.15) is 5.10 Å². The van der Waals surface area contributed by atoms with Crippen LogP contribution in [0.15, 0.2) is 41.2 Å². The Balaban J connectivity index is 1.84. The molecule has 1 aromatic heterocycles. The van der Waals surface area contributed by atoms with Crippen LogP contribution in [0.1, 0.15) is 20.3 Å². The van der Waals surface area contributed by atoms with Crippen LogP contribution >= 0.6 is 0 Å². The summed E-state index contributed by atoms with van der Waals surface area (Å²) >= 11 is 0. The second-order valence-electron chi connectivity index (χ2n) is 7.72. The zero-order valence-corrected chi connectivity index (χ0v) is 17.2. The summed E-state index contributed by atoms with van der Waals surface area (Å²) in [7, 11) is -3.15. The maximum absolute atomic E-state index is 13.1. The van der Waals surface area contributed by atoms with Crippen LogP contribution in [0.5, 0.6) is 0 Å². The van der Waals surface area contributed by atoms with E-state index in [-0.39, 0.29) is 41.7 Å². The lowest BCUT2D eigenvalue weighted by Gasteiger charge is -2.30. The van der Waals surface area contributed by atoms with Crippen LogP contribution in [0.25, 0.3) is 11.3 Å². The lowest BCUT2D eigenvalue weighted by Crippen LogP contribution is -2.46. The minimum Gasteiger partial charge on any atom is -0.337 e. The fourth-order valence-electron chi connectivity index (χ4n) is 3.42. The molecule has 1 atom stereocenters. The number of amides is 1. The van der Waals surface area contributed by atoms with Crippen molar-refractivity contribution in [1.82, 2.24) is 14.7 Å². The van der Waals surface area contributed by atoms with E-state index in [4.69, 9.17) is 0 Å². The largest absolute Gasteiger partial charge is 0.337 e. The molecule has 0 saturated carbocycles. The zero-order chi connectivity index (χ0) is 21.2. The van der Waals surface area contributed by atoms with E-state index >= 15 is 0 Å². The van der Waals surface area contributed by atoms with Crippen molar-refractivity contribution in [2.45, 2.75) is 32.9 Å². The van der Waals surface area contributed by atoms with Crippen LogP contribution in [-0.4, -0.2) is 53.1 Å². The number of nitrogens with zero attached hydrogens (tertiary/aromatic N) is 3. The van der Waals surface area contributed by atoms with E-state index < -0.39 is 15.4 Å². The van der Waals surface area contributed by atoms with Crippen molar-refractivity contribution in [2.24, 2.45) is 5.92 Å². The molecule has 1 saturated heterocycles. The molecule has 0 spiro atoms. The first-order valence-electron chi connectivity index (χ1n) is 9.48. The molecule has 1 amide bonds. The van der Waals surface area contributed by atoms with Gasteiger partial charge >= 0.3 is 0 Å². The standard InChI is InChI=1S/C20H24FN3O4S/c1-14(2)11-23(17-9-10-29(27,28)13-17)20(26)12-24-19(25)8-7-18(22-24)15-3-5-16(21)6-4-15/h3-8,14,17H,9-13H2,1-2H3/t17-/m0/s1. The number of hydrogen-bond acceptors (Lipinski definition) is 5. The van der Waals surface area contributed by atoms with E-state index in [1.54, 1.807) is 17.0 Å². The molecule has 1 aliphatic rings. The van der Waals surface area contributed by atoms with Gasteiger partial charge in [-0.05, 0) is 42.7 Å². The Kier molecular flexibility index (Phi) is 6.16. The second-order valence-corrected chi connectivity index (χ2v) is 9.95. The molecule has 156 valence electrons. The van der Waals surface area contributed by atoms with Crippen molar-refractivity contribution in [1.29, 1.82) is 0 Å². The summed E-state index contributed by atoms with van der Waals surface area (Å²) in [5.41, 5.74) is 0.623. The molecule has 3 rings (SSSR count). The van der Waals surface area contributed by atoms with Crippen molar-refractivity contribution in [3.8, 4) is 11.3 Å². The molecule has 1 aromatic carbocycles. The molecular formula is C20H24FN3O4S. The maximum atomic E-state index is 13.1. The van der Waals surface area contributed by atoms with E-state index in [0.29, 0.717) is 24.2 Å². The molecule has 0 aliphatic carbocycles. The third-order valence-corrected chi connectivity index (χ3v) is 6.57. The van der Waals surface area contributed by atoms with Crippen LogP contribution in [0.4, 0.5) is 4.39 Å². The molecule has 7 nitrogen and oxygen atoms in total. The summed E-state index contributed by atoms with van der Waals surface area (Å²) in [6.45, 7) is 4.02. The Morgan fingerprint density at radius 1 is 1.24 bits per heavy atom. The van der Waals surface area contributed by atoms with Crippen LogP contribution in [-0.2, 0) is 21.2 Å². The van der Waals surface area contributed by atoms with Crippen LogP contribution in [0, 0.1) is 11.7 Å². The summed E-state index contributed by atoms with van der Waals surface area (Å²) in [4.78, 5) is 26.8. The lowest BCUT2D eigenvalue weighted by atomic mass is 10.1. The van der Waals surface area contributed by atoms with Crippen molar-refractivity contribution < 1.29 is 17.6 Å². The van der Waals surface area contributed by atoms with Gasteiger partial charge in [-0.25, -0.2) is 17.5 Å². The van der Waals surface area contributed by atoms with Gasteiger partial charge in [0, 0.05) is 24.2 Å². The van der Waals surface area contributed by atoms with Gasteiger partial charge in [-0.15, -0.1) is 0 Å². The molecule has 2 heterocycles. The number of carbonyl (C=O) groups is 1. The minimum atomic E-state index is -3.15. The van der Waals surface area contributed by atoms with Crippen LogP contribution in [0.2, 0.25) is 0 Å². The van der Waals surface area contributed by atoms with Gasteiger partial charge in [0.05, 0.1) is 17.2 Å². The fourth-order valence-corrected chi connectivity index (χ4v) is 5.16. The number of benzene rings is 1. The Hall–Kier alpha value is -2.55. The normalized spacial score (nSPS) is 18.1. The molecule has 0 radical (unpaired) electrons. The van der Waals surface area contributed by atoms with Gasteiger partial charge in [0.1, 0.15) is 12.4 Å². The summed E-state index contributed by atoms with van der Waals surface area (Å²) in [5, 5.41) is 4.24. The maximum Gasteiger partial charge on any atom is 0.267 e. The number of hydrogen-bond donors (Lipinski definition) is 0. The van der Waals surface area contributed by atoms with Gasteiger partial charge < -0.3 is 4.90 Å². The van der Waals surface area contributed by atoms with Gasteiger partial charge in [-0.1, -0.05) is 13.8 Å². The summed E-state index contributed by atoms with van der Waals surface area (Å²) in [5.74, 6) is -0.557. The van der Waals surface area contributed by atoms with E-state index in [2.05, 4.69) is 5.10 Å². The molecule has 1 aliphatic heterocycles. The quantitative estimate of drug-likeness (QED) is 0.709. The average molecular weight is 421 g/mol. The van der Waals surface area contributed by atoms with Gasteiger partial charge in [0.15, 0.2) is 9.84 Å². The Morgan fingerprint density at radius 2 is 1.93 bits per heavy atom. The summed E-state index contributed by atoms with van der Waals surface area (Å²) in [6.07, 6.45) is 0.402. The monoisotopic (exact) mass is 421 g/mol. The molecule has 2 aromatic rings.